The van der Waals surface area contributed by atoms with Gasteiger partial charge in [-0.15, -0.1) is 0 Å². The van der Waals surface area contributed by atoms with Crippen molar-refractivity contribution in [1.82, 2.24) is 10.2 Å². The van der Waals surface area contributed by atoms with Gasteiger partial charge in [0.25, 0.3) is 0 Å². The van der Waals surface area contributed by atoms with E-state index in [0.717, 1.165) is 49.8 Å². The largest absolute Gasteiger partial charge is 0.316 e. The third-order valence-corrected chi connectivity index (χ3v) is 3.99. The fraction of sp³-hybridized carbons (Fsp3) is 0.588. The molecule has 3 heteroatoms. The lowest BCUT2D eigenvalue weighted by atomic mass is 9.97. The van der Waals surface area contributed by atoms with Crippen molar-refractivity contribution in [2.24, 2.45) is 5.92 Å². The first-order chi connectivity index (χ1) is 9.83. The molecule has 0 radical (unpaired) electrons. The maximum Gasteiger partial charge on any atom is 0.0995 e. The maximum absolute atomic E-state index is 9.16. The van der Waals surface area contributed by atoms with Gasteiger partial charge >= 0.3 is 0 Å². The molecule has 1 aliphatic rings. The minimum Gasteiger partial charge on any atom is -0.316 e. The smallest absolute Gasteiger partial charge is 0.0995 e. The van der Waals surface area contributed by atoms with Crippen molar-refractivity contribution in [3.63, 3.8) is 0 Å². The van der Waals surface area contributed by atoms with E-state index in [2.05, 4.69) is 29.3 Å². The van der Waals surface area contributed by atoms with Gasteiger partial charge < -0.3 is 5.32 Å². The van der Waals surface area contributed by atoms with Gasteiger partial charge in [0.1, 0.15) is 0 Å². The van der Waals surface area contributed by atoms with E-state index >= 15 is 0 Å². The summed E-state index contributed by atoms with van der Waals surface area (Å²) in [5.74, 6) is 0.754. The van der Waals surface area contributed by atoms with E-state index in [1.54, 1.807) is 0 Å². The molecule has 0 aliphatic carbocycles. The summed E-state index contributed by atoms with van der Waals surface area (Å²) in [5, 5.41) is 12.7. The highest BCUT2D eigenvalue weighted by Crippen LogP contribution is 2.19. The molecule has 0 bridgehead atoms. The van der Waals surface area contributed by atoms with Gasteiger partial charge in [-0.05, 0) is 56.4 Å². The Morgan fingerprint density at radius 3 is 3.05 bits per heavy atom. The lowest BCUT2D eigenvalue weighted by Gasteiger charge is -2.33. The molecule has 1 heterocycles. The zero-order valence-corrected chi connectivity index (χ0v) is 12.4. The molecule has 2 rings (SSSR count). The first-order valence-corrected chi connectivity index (χ1v) is 7.74. The molecule has 108 valence electrons. The number of hydrogen-bond acceptors (Lipinski definition) is 3. The summed E-state index contributed by atoms with van der Waals surface area (Å²) in [4.78, 5) is 2.50. The van der Waals surface area contributed by atoms with Gasteiger partial charge in [0.15, 0.2) is 0 Å². The fourth-order valence-corrected chi connectivity index (χ4v) is 2.95. The van der Waals surface area contributed by atoms with Gasteiger partial charge in [-0.25, -0.2) is 0 Å². The van der Waals surface area contributed by atoms with E-state index in [1.807, 2.05) is 18.2 Å². The number of piperidine rings is 1. The van der Waals surface area contributed by atoms with Gasteiger partial charge in [0.05, 0.1) is 11.6 Å². The van der Waals surface area contributed by atoms with Crippen LogP contribution < -0.4 is 5.32 Å². The Balaban J connectivity index is 1.88. The summed E-state index contributed by atoms with van der Waals surface area (Å²) >= 11 is 0. The van der Waals surface area contributed by atoms with Crippen LogP contribution in [0.3, 0.4) is 0 Å². The Morgan fingerprint density at radius 2 is 2.25 bits per heavy atom. The lowest BCUT2D eigenvalue weighted by molar-refractivity contribution is 0.165. The van der Waals surface area contributed by atoms with E-state index in [-0.39, 0.29) is 0 Å². The first-order valence-electron chi connectivity index (χ1n) is 7.74. The molecule has 3 nitrogen and oxygen atoms in total. The van der Waals surface area contributed by atoms with Crippen LogP contribution in [0.1, 0.15) is 37.3 Å². The topological polar surface area (TPSA) is 39.1 Å². The zero-order valence-electron chi connectivity index (χ0n) is 12.4. The third kappa shape index (κ3) is 4.33. The van der Waals surface area contributed by atoms with Gasteiger partial charge in [0, 0.05) is 13.1 Å². The summed E-state index contributed by atoms with van der Waals surface area (Å²) in [6.07, 6.45) is 3.80. The van der Waals surface area contributed by atoms with Crippen molar-refractivity contribution in [3.8, 4) is 6.07 Å². The lowest BCUT2D eigenvalue weighted by Crippen LogP contribution is -2.39. The van der Waals surface area contributed by atoms with Gasteiger partial charge in [0.2, 0.25) is 0 Å². The van der Waals surface area contributed by atoms with Crippen molar-refractivity contribution >= 4 is 0 Å². The quantitative estimate of drug-likeness (QED) is 0.809. The molecular formula is C17H25N3. The van der Waals surface area contributed by atoms with Crippen LogP contribution in [-0.4, -0.2) is 31.1 Å². The van der Waals surface area contributed by atoms with Crippen LogP contribution in [0, 0.1) is 17.2 Å². The predicted octanol–water partition coefficient (Wildman–Crippen LogP) is 2.77. The van der Waals surface area contributed by atoms with Gasteiger partial charge in [-0.3, -0.25) is 4.90 Å². The molecular weight excluding hydrogens is 246 g/mol. The number of nitriles is 1. The number of rotatable bonds is 6. The molecule has 0 amide bonds. The third-order valence-electron chi connectivity index (χ3n) is 3.99. The van der Waals surface area contributed by atoms with Crippen molar-refractivity contribution in [2.45, 2.75) is 32.7 Å². The van der Waals surface area contributed by atoms with E-state index in [9.17, 15) is 0 Å². The van der Waals surface area contributed by atoms with E-state index in [0.29, 0.717) is 0 Å². The molecule has 1 atom stereocenters. The minimum atomic E-state index is 0.754. The average molecular weight is 271 g/mol. The van der Waals surface area contributed by atoms with Crippen LogP contribution in [0.4, 0.5) is 0 Å². The standard InChI is InChI=1S/C17H25N3/c1-2-9-19-12-15-6-5-10-20(13-15)14-17-8-4-3-7-16(17)11-18/h3-4,7-8,15,19H,2,5-6,9-10,12-14H2,1H3. The Hall–Kier alpha value is -1.37. The van der Waals surface area contributed by atoms with Gasteiger partial charge in [-0.1, -0.05) is 25.1 Å². The summed E-state index contributed by atoms with van der Waals surface area (Å²) in [7, 11) is 0. The number of nitrogens with zero attached hydrogens (tertiary/aromatic N) is 2. The molecule has 1 saturated heterocycles. The molecule has 0 saturated carbocycles. The molecule has 20 heavy (non-hydrogen) atoms. The molecule has 0 spiro atoms. The second-order valence-electron chi connectivity index (χ2n) is 5.72. The maximum atomic E-state index is 9.16. The van der Waals surface area contributed by atoms with Crippen molar-refractivity contribution in [1.29, 1.82) is 5.26 Å². The van der Waals surface area contributed by atoms with Crippen LogP contribution in [-0.2, 0) is 6.54 Å². The van der Waals surface area contributed by atoms with E-state index in [1.165, 1.54) is 19.3 Å². The van der Waals surface area contributed by atoms with Crippen LogP contribution in [0.15, 0.2) is 24.3 Å². The summed E-state index contributed by atoms with van der Waals surface area (Å²) < 4.78 is 0. The molecule has 1 aromatic carbocycles. The van der Waals surface area contributed by atoms with Crippen LogP contribution in [0.25, 0.3) is 0 Å². The summed E-state index contributed by atoms with van der Waals surface area (Å²) in [6.45, 7) is 7.67. The minimum absolute atomic E-state index is 0.754. The SMILES string of the molecule is CCCNCC1CCCN(Cc2ccccc2C#N)C1. The first kappa shape index (κ1) is 15.0. The molecule has 1 unspecified atom stereocenters. The Morgan fingerprint density at radius 1 is 1.40 bits per heavy atom. The van der Waals surface area contributed by atoms with Crippen LogP contribution in [0.2, 0.25) is 0 Å². The number of benzene rings is 1. The number of nitrogens with one attached hydrogen (secondary N) is 1. The predicted molar refractivity (Wildman–Crippen MR) is 82.3 cm³/mol. The van der Waals surface area contributed by atoms with Crippen molar-refractivity contribution in [3.05, 3.63) is 35.4 Å². The second kappa shape index (κ2) is 8.04. The molecule has 1 N–H and O–H groups in total. The Bertz CT molecular complexity index is 450. The Kier molecular flexibility index (Phi) is 6.04. The molecule has 1 fully saturated rings. The van der Waals surface area contributed by atoms with E-state index in [4.69, 9.17) is 5.26 Å². The van der Waals surface area contributed by atoms with Crippen molar-refractivity contribution in [2.75, 3.05) is 26.2 Å². The molecule has 1 aromatic rings. The normalized spacial score (nSPS) is 19.7. The molecule has 0 aromatic heterocycles. The highest BCUT2D eigenvalue weighted by Gasteiger charge is 2.20. The van der Waals surface area contributed by atoms with Gasteiger partial charge in [-0.2, -0.15) is 5.26 Å². The van der Waals surface area contributed by atoms with E-state index < -0.39 is 0 Å². The van der Waals surface area contributed by atoms with Crippen LogP contribution >= 0.6 is 0 Å². The van der Waals surface area contributed by atoms with Crippen molar-refractivity contribution < 1.29 is 0 Å². The van der Waals surface area contributed by atoms with Crippen LogP contribution in [0.5, 0.6) is 0 Å². The zero-order chi connectivity index (χ0) is 14.2. The summed E-state index contributed by atoms with van der Waals surface area (Å²) in [6, 6.07) is 10.3. The number of hydrogen-bond donors (Lipinski definition) is 1. The second-order valence-corrected chi connectivity index (χ2v) is 5.72. The highest BCUT2D eigenvalue weighted by molar-refractivity contribution is 5.37. The monoisotopic (exact) mass is 271 g/mol. The Labute approximate surface area is 122 Å². The average Bonchev–Trinajstić information content (AvgIpc) is 2.48. The molecule has 1 aliphatic heterocycles. The summed E-state index contributed by atoms with van der Waals surface area (Å²) in [5.41, 5.74) is 1.98. The number of likely N-dealkylation sites (tertiary alicyclic amines) is 1. The highest BCUT2D eigenvalue weighted by atomic mass is 15.1. The fourth-order valence-electron chi connectivity index (χ4n) is 2.95.